The summed E-state index contributed by atoms with van der Waals surface area (Å²) in [5.74, 6) is 1.31. The first-order valence-electron chi connectivity index (χ1n) is 10.1. The molecule has 0 aromatic heterocycles. The molecule has 0 unspecified atom stereocenters. The molecule has 5 nitrogen and oxygen atoms in total. The van der Waals surface area contributed by atoms with Crippen molar-refractivity contribution in [3.05, 3.63) is 29.8 Å². The van der Waals surface area contributed by atoms with E-state index in [1.807, 2.05) is 43.0 Å². The molecule has 0 atom stereocenters. The Morgan fingerprint density at radius 3 is 2.46 bits per heavy atom. The van der Waals surface area contributed by atoms with Gasteiger partial charge < -0.3 is 15.5 Å². The molecule has 1 aromatic rings. The summed E-state index contributed by atoms with van der Waals surface area (Å²) in [4.78, 5) is 27.8. The van der Waals surface area contributed by atoms with Crippen molar-refractivity contribution in [2.24, 2.45) is 5.92 Å². The predicted octanol–water partition coefficient (Wildman–Crippen LogP) is 3.33. The van der Waals surface area contributed by atoms with Crippen molar-refractivity contribution < 1.29 is 9.59 Å². The molecule has 0 radical (unpaired) electrons. The number of benzene rings is 1. The number of carbonyl (C=O) groups is 2. The quantitative estimate of drug-likeness (QED) is 0.627. The van der Waals surface area contributed by atoms with Gasteiger partial charge in [-0.05, 0) is 64.1 Å². The lowest BCUT2D eigenvalue weighted by Gasteiger charge is -2.33. The molecule has 0 bridgehead atoms. The smallest absolute Gasteiger partial charge is 0.254 e. The van der Waals surface area contributed by atoms with Gasteiger partial charge in [0.15, 0.2) is 0 Å². The molecular formula is C21H32ClN3O2S. The number of likely N-dealkylation sites (tertiary alicyclic amines) is 1. The first-order chi connectivity index (χ1) is 13.0. The third-order valence-electron chi connectivity index (χ3n) is 5.10. The number of halogens is 1. The van der Waals surface area contributed by atoms with Crippen molar-refractivity contribution in [1.29, 1.82) is 0 Å². The first kappa shape index (κ1) is 23.0. The zero-order valence-corrected chi connectivity index (χ0v) is 18.4. The van der Waals surface area contributed by atoms with Crippen LogP contribution in [0.1, 0.15) is 49.9 Å². The lowest BCUT2D eigenvalue weighted by atomic mass is 10.0. The molecule has 2 aliphatic rings. The Morgan fingerprint density at radius 2 is 1.82 bits per heavy atom. The largest absolute Gasteiger partial charge is 0.353 e. The molecule has 1 saturated carbocycles. The number of nitrogens with one attached hydrogen (secondary N) is 2. The Hall–Kier alpha value is -1.24. The molecule has 7 heteroatoms. The van der Waals surface area contributed by atoms with Crippen LogP contribution in [0.5, 0.6) is 0 Å². The average molecular weight is 426 g/mol. The van der Waals surface area contributed by atoms with Gasteiger partial charge in [-0.15, -0.1) is 24.2 Å². The molecule has 1 aliphatic heterocycles. The standard InChI is InChI=1S/C21H31N3O2S.ClH/c1-15(2)23-20(25)14-27-19-6-4-3-5-18(19)21(26)24-11-9-17(10-12-24)22-13-16-7-8-16;/h3-6,15-17,22H,7-14H2,1-2H3,(H,23,25);1H. The number of hydrogen-bond acceptors (Lipinski definition) is 4. The van der Waals surface area contributed by atoms with Crippen molar-refractivity contribution in [3.63, 3.8) is 0 Å². The Bertz CT molecular complexity index is 659. The Labute approximate surface area is 178 Å². The maximum Gasteiger partial charge on any atom is 0.254 e. The molecule has 1 heterocycles. The highest BCUT2D eigenvalue weighted by Gasteiger charge is 2.27. The Kier molecular flexibility index (Phi) is 9.12. The highest BCUT2D eigenvalue weighted by Crippen LogP contribution is 2.28. The van der Waals surface area contributed by atoms with E-state index >= 15 is 0 Å². The van der Waals surface area contributed by atoms with E-state index in [0.29, 0.717) is 17.4 Å². The summed E-state index contributed by atoms with van der Waals surface area (Å²) in [5, 5.41) is 6.55. The van der Waals surface area contributed by atoms with E-state index in [2.05, 4.69) is 10.6 Å². The van der Waals surface area contributed by atoms with Gasteiger partial charge in [0.1, 0.15) is 0 Å². The van der Waals surface area contributed by atoms with Gasteiger partial charge in [0.05, 0.1) is 11.3 Å². The third-order valence-corrected chi connectivity index (χ3v) is 6.17. The number of hydrogen-bond donors (Lipinski definition) is 2. The summed E-state index contributed by atoms with van der Waals surface area (Å²) in [6.07, 6.45) is 4.77. The Morgan fingerprint density at radius 1 is 1.14 bits per heavy atom. The summed E-state index contributed by atoms with van der Waals surface area (Å²) in [5.41, 5.74) is 0.712. The van der Waals surface area contributed by atoms with Gasteiger partial charge in [0, 0.05) is 30.1 Å². The maximum atomic E-state index is 13.0. The molecule has 3 rings (SSSR count). The SMILES string of the molecule is CC(C)NC(=O)CSc1ccccc1C(=O)N1CCC(NCC2CC2)CC1.Cl. The zero-order valence-electron chi connectivity index (χ0n) is 16.8. The van der Waals surface area contributed by atoms with Crippen LogP contribution < -0.4 is 10.6 Å². The topological polar surface area (TPSA) is 61.4 Å². The fraction of sp³-hybridized carbons (Fsp3) is 0.619. The maximum absolute atomic E-state index is 13.0. The van der Waals surface area contributed by atoms with Crippen molar-refractivity contribution in [2.45, 2.75) is 56.5 Å². The van der Waals surface area contributed by atoms with Crippen LogP contribution in [0.25, 0.3) is 0 Å². The fourth-order valence-electron chi connectivity index (χ4n) is 3.39. The van der Waals surface area contributed by atoms with Crippen LogP contribution in [-0.4, -0.2) is 54.2 Å². The molecule has 2 amide bonds. The van der Waals surface area contributed by atoms with Crippen LogP contribution in [0.3, 0.4) is 0 Å². The highest BCUT2D eigenvalue weighted by atomic mass is 35.5. The van der Waals surface area contributed by atoms with E-state index < -0.39 is 0 Å². The van der Waals surface area contributed by atoms with Gasteiger partial charge in [0.25, 0.3) is 5.91 Å². The minimum atomic E-state index is -0.000182. The molecular weight excluding hydrogens is 394 g/mol. The van der Waals surface area contributed by atoms with Crippen LogP contribution in [0.4, 0.5) is 0 Å². The number of rotatable bonds is 8. The molecule has 2 fully saturated rings. The monoisotopic (exact) mass is 425 g/mol. The van der Waals surface area contributed by atoms with Crippen LogP contribution in [0, 0.1) is 5.92 Å². The molecule has 2 N–H and O–H groups in total. The number of thioether (sulfide) groups is 1. The van der Waals surface area contributed by atoms with E-state index in [4.69, 9.17) is 0 Å². The van der Waals surface area contributed by atoms with Crippen LogP contribution >= 0.6 is 24.2 Å². The van der Waals surface area contributed by atoms with E-state index in [-0.39, 0.29) is 30.3 Å². The average Bonchev–Trinajstić information content (AvgIpc) is 3.49. The lowest BCUT2D eigenvalue weighted by Crippen LogP contribution is -2.45. The van der Waals surface area contributed by atoms with Crippen molar-refractivity contribution in [1.82, 2.24) is 15.5 Å². The molecule has 1 aromatic carbocycles. The van der Waals surface area contributed by atoms with E-state index in [1.54, 1.807) is 0 Å². The molecule has 1 saturated heterocycles. The van der Waals surface area contributed by atoms with Crippen molar-refractivity contribution >= 4 is 36.0 Å². The van der Waals surface area contributed by atoms with Crippen LogP contribution in [0.2, 0.25) is 0 Å². The third kappa shape index (κ3) is 6.98. The van der Waals surface area contributed by atoms with E-state index in [1.165, 1.54) is 24.6 Å². The second-order valence-corrected chi connectivity index (χ2v) is 8.94. The summed E-state index contributed by atoms with van der Waals surface area (Å²) in [7, 11) is 0. The molecule has 0 spiro atoms. The molecule has 28 heavy (non-hydrogen) atoms. The number of carbonyl (C=O) groups excluding carboxylic acids is 2. The van der Waals surface area contributed by atoms with Gasteiger partial charge in [-0.3, -0.25) is 9.59 Å². The number of amides is 2. The molecule has 156 valence electrons. The Balaban J connectivity index is 0.00000280. The first-order valence-corrected chi connectivity index (χ1v) is 11.1. The van der Waals surface area contributed by atoms with Crippen molar-refractivity contribution in [2.75, 3.05) is 25.4 Å². The van der Waals surface area contributed by atoms with Crippen LogP contribution in [0.15, 0.2) is 29.2 Å². The minimum absolute atomic E-state index is 0. The fourth-order valence-corrected chi connectivity index (χ4v) is 4.24. The normalized spacial score (nSPS) is 17.3. The van der Waals surface area contributed by atoms with Gasteiger partial charge in [-0.2, -0.15) is 0 Å². The van der Waals surface area contributed by atoms with Gasteiger partial charge in [0.2, 0.25) is 5.91 Å². The summed E-state index contributed by atoms with van der Waals surface area (Å²) < 4.78 is 0. The van der Waals surface area contributed by atoms with Gasteiger partial charge >= 0.3 is 0 Å². The summed E-state index contributed by atoms with van der Waals surface area (Å²) in [6, 6.07) is 8.30. The summed E-state index contributed by atoms with van der Waals surface area (Å²) >= 11 is 1.44. The lowest BCUT2D eigenvalue weighted by molar-refractivity contribution is -0.119. The molecule has 1 aliphatic carbocycles. The predicted molar refractivity (Wildman–Crippen MR) is 117 cm³/mol. The van der Waals surface area contributed by atoms with Crippen molar-refractivity contribution in [3.8, 4) is 0 Å². The van der Waals surface area contributed by atoms with E-state index in [0.717, 1.165) is 43.3 Å². The van der Waals surface area contributed by atoms with Gasteiger partial charge in [-0.1, -0.05) is 12.1 Å². The highest BCUT2D eigenvalue weighted by molar-refractivity contribution is 8.00. The number of nitrogens with zero attached hydrogens (tertiary/aromatic N) is 1. The number of piperidine rings is 1. The zero-order chi connectivity index (χ0) is 19.2. The second-order valence-electron chi connectivity index (χ2n) is 7.93. The van der Waals surface area contributed by atoms with Gasteiger partial charge in [-0.25, -0.2) is 0 Å². The minimum Gasteiger partial charge on any atom is -0.353 e. The van der Waals surface area contributed by atoms with Crippen LogP contribution in [-0.2, 0) is 4.79 Å². The summed E-state index contributed by atoms with van der Waals surface area (Å²) in [6.45, 7) is 6.63. The van der Waals surface area contributed by atoms with E-state index in [9.17, 15) is 9.59 Å². The second kappa shape index (κ2) is 11.1.